The molecule has 6 nitrogen and oxygen atoms in total. The van der Waals surface area contributed by atoms with Crippen LogP contribution in [0.3, 0.4) is 0 Å². The van der Waals surface area contributed by atoms with Gasteiger partial charge in [-0.05, 0) is 41.3 Å². The molecular formula is C26H23F4N3O3. The Kier molecular flexibility index (Phi) is 6.96. The molecule has 2 aromatic carbocycles. The Hall–Kier alpha value is -3.95. The molecule has 0 spiro atoms. The average Bonchev–Trinajstić information content (AvgIpc) is 2.82. The number of aromatic nitrogens is 1. The van der Waals surface area contributed by atoms with Crippen molar-refractivity contribution >= 4 is 17.5 Å². The highest BCUT2D eigenvalue weighted by Gasteiger charge is 2.44. The maximum Gasteiger partial charge on any atom is 0.573 e. The number of carbonyl (C=O) groups is 2. The lowest BCUT2D eigenvalue weighted by Gasteiger charge is -2.42. The molecule has 0 aliphatic carbocycles. The van der Waals surface area contributed by atoms with E-state index in [2.05, 4.69) is 15.0 Å². The number of carbonyl (C=O) groups excluding carboxylic acids is 2. The van der Waals surface area contributed by atoms with Crippen molar-refractivity contribution in [2.75, 3.05) is 11.9 Å². The van der Waals surface area contributed by atoms with Gasteiger partial charge in [0.2, 0.25) is 5.91 Å². The number of nitrogens with zero attached hydrogens (tertiary/aromatic N) is 2. The third kappa shape index (κ3) is 5.32. The van der Waals surface area contributed by atoms with Crippen molar-refractivity contribution in [2.45, 2.75) is 32.2 Å². The highest BCUT2D eigenvalue weighted by molar-refractivity contribution is 6.04. The summed E-state index contributed by atoms with van der Waals surface area (Å²) in [5, 5.41) is 2.58. The molecule has 0 bridgehead atoms. The van der Waals surface area contributed by atoms with Crippen LogP contribution in [-0.2, 0) is 4.79 Å². The number of halogens is 4. The first kappa shape index (κ1) is 25.2. The SMILES string of the molecule is CC(C)CN1C(=O)c2ccccc2C(C(=O)Nc2ccc(F)c(OC(F)(F)F)c2)C1c1cccnc1. The van der Waals surface area contributed by atoms with Crippen LogP contribution in [0.4, 0.5) is 23.2 Å². The smallest absolute Gasteiger partial charge is 0.403 e. The van der Waals surface area contributed by atoms with E-state index >= 15 is 0 Å². The summed E-state index contributed by atoms with van der Waals surface area (Å²) in [4.78, 5) is 33.0. The summed E-state index contributed by atoms with van der Waals surface area (Å²) in [5.74, 6) is -3.94. The maximum atomic E-state index is 13.9. The fourth-order valence-corrected chi connectivity index (χ4v) is 4.40. The minimum Gasteiger partial charge on any atom is -0.403 e. The van der Waals surface area contributed by atoms with Gasteiger partial charge in [-0.25, -0.2) is 4.39 Å². The molecule has 0 saturated heterocycles. The lowest BCUT2D eigenvalue weighted by molar-refractivity contribution is -0.275. The molecule has 2 atom stereocenters. The van der Waals surface area contributed by atoms with Crippen LogP contribution in [0.15, 0.2) is 67.0 Å². The van der Waals surface area contributed by atoms with Gasteiger partial charge >= 0.3 is 6.36 Å². The van der Waals surface area contributed by atoms with Gasteiger partial charge in [0.1, 0.15) is 0 Å². The fraction of sp³-hybridized carbons (Fsp3) is 0.269. The molecule has 3 aromatic rings. The second kappa shape index (κ2) is 9.96. The zero-order valence-electron chi connectivity index (χ0n) is 19.4. The van der Waals surface area contributed by atoms with Crippen LogP contribution in [0, 0.1) is 11.7 Å². The normalized spacial score (nSPS) is 17.6. The summed E-state index contributed by atoms with van der Waals surface area (Å²) in [5.41, 5.74) is 1.37. The van der Waals surface area contributed by atoms with Gasteiger partial charge in [0, 0.05) is 36.3 Å². The molecule has 0 fully saturated rings. The highest BCUT2D eigenvalue weighted by Crippen LogP contribution is 2.43. The van der Waals surface area contributed by atoms with Gasteiger partial charge < -0.3 is 15.0 Å². The molecule has 2 amide bonds. The van der Waals surface area contributed by atoms with E-state index in [1.54, 1.807) is 53.7 Å². The number of anilines is 1. The number of ether oxygens (including phenoxy) is 1. The number of benzene rings is 2. The van der Waals surface area contributed by atoms with Gasteiger partial charge in [-0.1, -0.05) is 38.1 Å². The van der Waals surface area contributed by atoms with Gasteiger partial charge in [-0.3, -0.25) is 14.6 Å². The van der Waals surface area contributed by atoms with E-state index < -0.39 is 35.8 Å². The summed E-state index contributed by atoms with van der Waals surface area (Å²) < 4.78 is 55.7. The van der Waals surface area contributed by atoms with Crippen LogP contribution in [0.25, 0.3) is 0 Å². The van der Waals surface area contributed by atoms with E-state index in [1.807, 2.05) is 13.8 Å². The van der Waals surface area contributed by atoms with E-state index in [0.717, 1.165) is 18.2 Å². The van der Waals surface area contributed by atoms with Crippen LogP contribution in [0.5, 0.6) is 5.75 Å². The second-order valence-corrected chi connectivity index (χ2v) is 8.83. The minimum absolute atomic E-state index is 0.0845. The zero-order valence-corrected chi connectivity index (χ0v) is 19.4. The largest absolute Gasteiger partial charge is 0.573 e. The van der Waals surface area contributed by atoms with Crippen LogP contribution < -0.4 is 10.1 Å². The van der Waals surface area contributed by atoms with E-state index in [1.165, 1.54) is 0 Å². The van der Waals surface area contributed by atoms with Gasteiger partial charge in [0.15, 0.2) is 11.6 Å². The Morgan fingerprint density at radius 2 is 1.89 bits per heavy atom. The van der Waals surface area contributed by atoms with Crippen molar-refractivity contribution in [3.8, 4) is 5.75 Å². The third-order valence-electron chi connectivity index (χ3n) is 5.73. The number of rotatable bonds is 6. The summed E-state index contributed by atoms with van der Waals surface area (Å²) >= 11 is 0. The minimum atomic E-state index is -5.10. The van der Waals surface area contributed by atoms with Gasteiger partial charge in [-0.2, -0.15) is 0 Å². The average molecular weight is 501 g/mol. The second-order valence-electron chi connectivity index (χ2n) is 8.83. The molecular weight excluding hydrogens is 478 g/mol. The van der Waals surface area contributed by atoms with Crippen molar-refractivity contribution < 1.29 is 31.9 Å². The molecule has 0 saturated carbocycles. The topological polar surface area (TPSA) is 71.5 Å². The first-order valence-corrected chi connectivity index (χ1v) is 11.2. The Labute approximate surface area is 204 Å². The molecule has 10 heteroatoms. The van der Waals surface area contributed by atoms with Crippen LogP contribution in [0.1, 0.15) is 47.3 Å². The summed E-state index contributed by atoms with van der Waals surface area (Å²) in [6, 6.07) is 12.1. The summed E-state index contributed by atoms with van der Waals surface area (Å²) in [6.07, 6.45) is -1.95. The number of pyridine rings is 1. The maximum absolute atomic E-state index is 13.9. The first-order valence-electron chi connectivity index (χ1n) is 11.2. The number of fused-ring (bicyclic) bond motifs is 1. The van der Waals surface area contributed by atoms with E-state index in [4.69, 9.17) is 0 Å². The van der Waals surface area contributed by atoms with Crippen molar-refractivity contribution in [2.24, 2.45) is 5.92 Å². The Bertz CT molecular complexity index is 1260. The predicted molar refractivity (Wildman–Crippen MR) is 124 cm³/mol. The zero-order chi connectivity index (χ0) is 26.0. The van der Waals surface area contributed by atoms with Crippen LogP contribution in [0.2, 0.25) is 0 Å². The van der Waals surface area contributed by atoms with Crippen molar-refractivity contribution in [3.05, 3.63) is 89.5 Å². The molecule has 1 N–H and O–H groups in total. The number of hydrogen-bond acceptors (Lipinski definition) is 4. The van der Waals surface area contributed by atoms with E-state index in [-0.39, 0.29) is 17.5 Å². The first-order chi connectivity index (χ1) is 17.0. The van der Waals surface area contributed by atoms with Crippen molar-refractivity contribution in [1.29, 1.82) is 0 Å². The molecule has 2 unspecified atom stereocenters. The monoisotopic (exact) mass is 501 g/mol. The van der Waals surface area contributed by atoms with Gasteiger partial charge in [0.05, 0.1) is 12.0 Å². The number of alkyl halides is 3. The lowest BCUT2D eigenvalue weighted by Crippen LogP contribution is -2.47. The molecule has 188 valence electrons. The molecule has 36 heavy (non-hydrogen) atoms. The summed E-state index contributed by atoms with van der Waals surface area (Å²) in [7, 11) is 0. The Morgan fingerprint density at radius 1 is 1.14 bits per heavy atom. The van der Waals surface area contributed by atoms with Crippen molar-refractivity contribution in [1.82, 2.24) is 9.88 Å². The fourth-order valence-electron chi connectivity index (χ4n) is 4.40. The number of amides is 2. The molecule has 1 aliphatic heterocycles. The quantitative estimate of drug-likeness (QED) is 0.440. The van der Waals surface area contributed by atoms with Crippen molar-refractivity contribution in [3.63, 3.8) is 0 Å². The molecule has 0 radical (unpaired) electrons. The Morgan fingerprint density at radius 3 is 2.56 bits per heavy atom. The predicted octanol–water partition coefficient (Wildman–Crippen LogP) is 5.69. The molecule has 2 heterocycles. The van der Waals surface area contributed by atoms with Crippen LogP contribution >= 0.6 is 0 Å². The van der Waals surface area contributed by atoms with Crippen LogP contribution in [-0.4, -0.2) is 34.6 Å². The third-order valence-corrected chi connectivity index (χ3v) is 5.73. The molecule has 1 aromatic heterocycles. The van der Waals surface area contributed by atoms with E-state index in [9.17, 15) is 27.2 Å². The number of hydrogen-bond donors (Lipinski definition) is 1. The Balaban J connectivity index is 1.78. The highest BCUT2D eigenvalue weighted by atomic mass is 19.4. The standard InChI is InChI=1S/C26H23F4N3O3/c1-15(2)14-33-23(16-6-5-11-31-13-16)22(18-7-3-4-8-19(18)25(33)35)24(34)32-17-9-10-20(27)21(12-17)36-26(28,29)30/h3-13,15,22-23H,14H2,1-2H3,(H,32,34). The lowest BCUT2D eigenvalue weighted by atomic mass is 9.79. The summed E-state index contributed by atoms with van der Waals surface area (Å²) in [6.45, 7) is 4.25. The molecule has 4 rings (SSSR count). The van der Waals surface area contributed by atoms with E-state index in [0.29, 0.717) is 23.2 Å². The number of nitrogens with one attached hydrogen (secondary N) is 1. The van der Waals surface area contributed by atoms with Gasteiger partial charge in [0.25, 0.3) is 5.91 Å². The molecule has 1 aliphatic rings. The van der Waals surface area contributed by atoms with Gasteiger partial charge in [-0.15, -0.1) is 13.2 Å².